The van der Waals surface area contributed by atoms with Crippen molar-refractivity contribution in [3.8, 4) is 0 Å². The number of nitrogens with one attached hydrogen (secondary N) is 1. The molecule has 0 amide bonds. The predicted molar refractivity (Wildman–Crippen MR) is 34.1 cm³/mol. The van der Waals surface area contributed by atoms with E-state index >= 15 is 0 Å². The van der Waals surface area contributed by atoms with E-state index in [0.29, 0.717) is 0 Å². The van der Waals surface area contributed by atoms with E-state index in [9.17, 15) is 0 Å². The Morgan fingerprint density at radius 3 is 2.89 bits per heavy atom. The van der Waals surface area contributed by atoms with Gasteiger partial charge in [0.15, 0.2) is 0 Å². The SMILES string of the molecule is OCC(O)[C@@H]1CCCN1. The molecule has 1 aliphatic rings. The standard InChI is InChI=1S/C6H13NO2/c8-4-6(9)5-2-1-3-7-5/h5-9H,1-4H2/t5-,6?/m0/s1. The third-order valence-corrected chi connectivity index (χ3v) is 1.75. The van der Waals surface area contributed by atoms with Gasteiger partial charge in [-0.2, -0.15) is 0 Å². The zero-order valence-electron chi connectivity index (χ0n) is 5.38. The van der Waals surface area contributed by atoms with Gasteiger partial charge < -0.3 is 15.5 Å². The molecular weight excluding hydrogens is 118 g/mol. The second-order valence-electron chi connectivity index (χ2n) is 2.45. The van der Waals surface area contributed by atoms with Crippen molar-refractivity contribution in [1.29, 1.82) is 0 Å². The summed E-state index contributed by atoms with van der Waals surface area (Å²) in [6.07, 6.45) is 1.54. The van der Waals surface area contributed by atoms with Gasteiger partial charge in [-0.25, -0.2) is 0 Å². The van der Waals surface area contributed by atoms with Crippen molar-refractivity contribution in [3.05, 3.63) is 0 Å². The summed E-state index contributed by atoms with van der Waals surface area (Å²) in [5.74, 6) is 0. The van der Waals surface area contributed by atoms with Crippen molar-refractivity contribution in [2.45, 2.75) is 25.0 Å². The lowest BCUT2D eigenvalue weighted by Gasteiger charge is -2.14. The highest BCUT2D eigenvalue weighted by atomic mass is 16.3. The zero-order chi connectivity index (χ0) is 6.69. The molecule has 0 aliphatic carbocycles. The molecule has 3 nitrogen and oxygen atoms in total. The minimum atomic E-state index is -0.563. The molecule has 54 valence electrons. The van der Waals surface area contributed by atoms with Crippen LogP contribution >= 0.6 is 0 Å². The van der Waals surface area contributed by atoms with Crippen LogP contribution in [0.5, 0.6) is 0 Å². The number of hydrogen-bond donors (Lipinski definition) is 3. The summed E-state index contributed by atoms with van der Waals surface area (Å²) < 4.78 is 0. The lowest BCUT2D eigenvalue weighted by atomic mass is 10.1. The molecule has 9 heavy (non-hydrogen) atoms. The molecule has 3 heteroatoms. The summed E-state index contributed by atoms with van der Waals surface area (Å²) in [5, 5.41) is 20.6. The second kappa shape index (κ2) is 3.15. The molecule has 0 spiro atoms. The molecular formula is C6H13NO2. The van der Waals surface area contributed by atoms with Gasteiger partial charge in [-0.15, -0.1) is 0 Å². The van der Waals surface area contributed by atoms with Crippen molar-refractivity contribution >= 4 is 0 Å². The summed E-state index contributed by atoms with van der Waals surface area (Å²) in [7, 11) is 0. The fourth-order valence-electron chi connectivity index (χ4n) is 1.17. The van der Waals surface area contributed by atoms with E-state index in [1.807, 2.05) is 0 Å². The Kier molecular flexibility index (Phi) is 2.45. The largest absolute Gasteiger partial charge is 0.394 e. The Bertz CT molecular complexity index is 81.1. The molecule has 1 heterocycles. The van der Waals surface area contributed by atoms with Crippen LogP contribution in [0.1, 0.15) is 12.8 Å². The molecule has 0 aromatic heterocycles. The fourth-order valence-corrected chi connectivity index (χ4v) is 1.17. The fraction of sp³-hybridized carbons (Fsp3) is 1.00. The Balaban J connectivity index is 2.24. The van der Waals surface area contributed by atoms with Crippen LogP contribution in [0.4, 0.5) is 0 Å². The molecule has 0 bridgehead atoms. The van der Waals surface area contributed by atoms with Crippen LogP contribution < -0.4 is 5.32 Å². The summed E-state index contributed by atoms with van der Waals surface area (Å²) in [5.41, 5.74) is 0. The predicted octanol–water partition coefficient (Wildman–Crippen LogP) is -0.908. The van der Waals surface area contributed by atoms with Crippen molar-refractivity contribution in [2.24, 2.45) is 0 Å². The van der Waals surface area contributed by atoms with Gasteiger partial charge in [0.25, 0.3) is 0 Å². The van der Waals surface area contributed by atoms with Crippen LogP contribution in [-0.4, -0.2) is 35.5 Å². The molecule has 1 aliphatic heterocycles. The second-order valence-corrected chi connectivity index (χ2v) is 2.45. The van der Waals surface area contributed by atoms with E-state index < -0.39 is 6.10 Å². The average molecular weight is 131 g/mol. The lowest BCUT2D eigenvalue weighted by molar-refractivity contribution is 0.0686. The van der Waals surface area contributed by atoms with Gasteiger partial charge in [-0.05, 0) is 19.4 Å². The van der Waals surface area contributed by atoms with Crippen molar-refractivity contribution < 1.29 is 10.2 Å². The summed E-state index contributed by atoms with van der Waals surface area (Å²) in [6.45, 7) is 0.847. The maximum atomic E-state index is 9.05. The van der Waals surface area contributed by atoms with Crippen LogP contribution in [0.25, 0.3) is 0 Å². The zero-order valence-corrected chi connectivity index (χ0v) is 5.38. The Morgan fingerprint density at radius 1 is 1.67 bits per heavy atom. The summed E-state index contributed by atoms with van der Waals surface area (Å²) in [6, 6.07) is 0.134. The van der Waals surface area contributed by atoms with E-state index in [2.05, 4.69) is 5.32 Å². The molecule has 0 aromatic rings. The van der Waals surface area contributed by atoms with Gasteiger partial charge in [0, 0.05) is 6.04 Å². The van der Waals surface area contributed by atoms with Gasteiger partial charge in [-0.3, -0.25) is 0 Å². The first-order chi connectivity index (χ1) is 4.34. The van der Waals surface area contributed by atoms with E-state index in [4.69, 9.17) is 10.2 Å². The molecule has 1 saturated heterocycles. The highest BCUT2D eigenvalue weighted by Crippen LogP contribution is 2.07. The van der Waals surface area contributed by atoms with Crippen LogP contribution in [-0.2, 0) is 0 Å². The van der Waals surface area contributed by atoms with E-state index in [1.54, 1.807) is 0 Å². The van der Waals surface area contributed by atoms with Crippen molar-refractivity contribution in [2.75, 3.05) is 13.2 Å². The third kappa shape index (κ3) is 1.64. The molecule has 1 unspecified atom stereocenters. The quantitative estimate of drug-likeness (QED) is 0.455. The first-order valence-corrected chi connectivity index (χ1v) is 3.37. The highest BCUT2D eigenvalue weighted by molar-refractivity contribution is 4.80. The minimum Gasteiger partial charge on any atom is -0.394 e. The molecule has 3 N–H and O–H groups in total. The maximum Gasteiger partial charge on any atom is 0.0923 e. The molecule has 1 fully saturated rings. The average Bonchev–Trinajstić information content (AvgIpc) is 2.37. The van der Waals surface area contributed by atoms with Crippen LogP contribution in [0, 0.1) is 0 Å². The first kappa shape index (κ1) is 6.99. The Labute approximate surface area is 54.7 Å². The van der Waals surface area contributed by atoms with Gasteiger partial charge >= 0.3 is 0 Å². The van der Waals surface area contributed by atoms with Crippen molar-refractivity contribution in [1.82, 2.24) is 5.32 Å². The van der Waals surface area contributed by atoms with Gasteiger partial charge in [-0.1, -0.05) is 0 Å². The smallest absolute Gasteiger partial charge is 0.0923 e. The number of aliphatic hydroxyl groups excluding tert-OH is 2. The monoisotopic (exact) mass is 131 g/mol. The Hall–Kier alpha value is -0.120. The third-order valence-electron chi connectivity index (χ3n) is 1.75. The van der Waals surface area contributed by atoms with Gasteiger partial charge in [0.1, 0.15) is 0 Å². The first-order valence-electron chi connectivity index (χ1n) is 3.37. The van der Waals surface area contributed by atoms with E-state index in [0.717, 1.165) is 19.4 Å². The minimum absolute atomic E-state index is 0.127. The normalized spacial score (nSPS) is 30.7. The molecule has 0 radical (unpaired) electrons. The molecule has 1 rings (SSSR count). The van der Waals surface area contributed by atoms with Crippen LogP contribution in [0.3, 0.4) is 0 Å². The summed E-state index contributed by atoms with van der Waals surface area (Å²) in [4.78, 5) is 0. The maximum absolute atomic E-state index is 9.05. The number of rotatable bonds is 2. The molecule has 2 atom stereocenters. The highest BCUT2D eigenvalue weighted by Gasteiger charge is 2.20. The van der Waals surface area contributed by atoms with E-state index in [-0.39, 0.29) is 12.6 Å². The van der Waals surface area contributed by atoms with E-state index in [1.165, 1.54) is 0 Å². The van der Waals surface area contributed by atoms with Crippen molar-refractivity contribution in [3.63, 3.8) is 0 Å². The van der Waals surface area contributed by atoms with Gasteiger partial charge in [0.2, 0.25) is 0 Å². The number of hydrogen-bond acceptors (Lipinski definition) is 3. The lowest BCUT2D eigenvalue weighted by Crippen LogP contribution is -2.36. The molecule has 0 aromatic carbocycles. The van der Waals surface area contributed by atoms with Gasteiger partial charge in [0.05, 0.1) is 12.7 Å². The topological polar surface area (TPSA) is 52.5 Å². The molecule has 0 saturated carbocycles. The van der Waals surface area contributed by atoms with Crippen LogP contribution in [0.15, 0.2) is 0 Å². The van der Waals surface area contributed by atoms with Crippen LogP contribution in [0.2, 0.25) is 0 Å². The number of aliphatic hydroxyl groups is 2. The Morgan fingerprint density at radius 2 is 2.44 bits per heavy atom. The summed E-state index contributed by atoms with van der Waals surface area (Å²) >= 11 is 0.